The van der Waals surface area contributed by atoms with E-state index in [4.69, 9.17) is 10.5 Å². The summed E-state index contributed by atoms with van der Waals surface area (Å²) in [5.74, 6) is -4.12. The van der Waals surface area contributed by atoms with Crippen LogP contribution in [0.5, 0.6) is 0 Å². The van der Waals surface area contributed by atoms with E-state index in [-0.39, 0.29) is 23.1 Å². The summed E-state index contributed by atoms with van der Waals surface area (Å²) in [6, 6.07) is 2.47. The normalized spacial score (nSPS) is 14.6. The second kappa shape index (κ2) is 5.92. The highest BCUT2D eigenvalue weighted by Crippen LogP contribution is 2.29. The molecule has 2 amide bonds. The van der Waals surface area contributed by atoms with Gasteiger partial charge >= 0.3 is 11.9 Å². The van der Waals surface area contributed by atoms with Crippen molar-refractivity contribution in [2.45, 2.75) is 19.4 Å². The van der Waals surface area contributed by atoms with Crippen molar-refractivity contribution in [2.75, 3.05) is 0 Å². The third kappa shape index (κ3) is 2.22. The zero-order valence-electron chi connectivity index (χ0n) is 11.3. The molecule has 22 heavy (non-hydrogen) atoms. The molecule has 1 atom stereocenters. The topological polar surface area (TPSA) is 130 Å². The molecule has 1 aromatic rings. The number of carbonyl (C=O) groups excluding carboxylic acids is 4. The van der Waals surface area contributed by atoms with Gasteiger partial charge in [-0.15, -0.1) is 0 Å². The Bertz CT molecular complexity index is 668. The van der Waals surface area contributed by atoms with E-state index in [2.05, 4.69) is 9.78 Å². The van der Waals surface area contributed by atoms with Crippen LogP contribution in [0, 0.1) is 0 Å². The van der Waals surface area contributed by atoms with Gasteiger partial charge < -0.3 is 0 Å². The quantitative estimate of drug-likeness (QED) is 0.472. The molecule has 9 heteroatoms. The molecule has 0 spiro atoms. The van der Waals surface area contributed by atoms with Gasteiger partial charge in [0.2, 0.25) is 0 Å². The second-order valence-electron chi connectivity index (χ2n) is 4.42. The third-order valence-electron chi connectivity index (χ3n) is 3.31. The van der Waals surface area contributed by atoms with Crippen molar-refractivity contribution in [1.29, 1.82) is 0 Å². The monoisotopic (exact) mass is 309 g/mol. The van der Waals surface area contributed by atoms with Crippen LogP contribution in [0.4, 0.5) is 0 Å². The van der Waals surface area contributed by atoms with E-state index < -0.39 is 29.8 Å². The molecule has 0 fully saturated rings. The number of nitrogens with zero attached hydrogens (tertiary/aromatic N) is 1. The van der Waals surface area contributed by atoms with Crippen molar-refractivity contribution in [3.8, 4) is 0 Å². The number of carbonyl (C=O) groups is 4. The average molecular weight is 309 g/mol. The highest BCUT2D eigenvalue weighted by atomic mass is 17.1. The van der Waals surface area contributed by atoms with Gasteiger partial charge in [-0.05, 0) is 18.6 Å². The molecule has 0 aromatic heterocycles. The summed E-state index contributed by atoms with van der Waals surface area (Å²) in [7, 11) is 0. The Labute approximate surface area is 123 Å². The summed E-state index contributed by atoms with van der Waals surface area (Å²) in [6.45, 7) is 1.51. The first-order valence-corrected chi connectivity index (χ1v) is 6.19. The molecular formula is C13H11NO8. The van der Waals surface area contributed by atoms with E-state index in [0.29, 0.717) is 4.90 Å². The third-order valence-corrected chi connectivity index (χ3v) is 3.31. The van der Waals surface area contributed by atoms with Crippen molar-refractivity contribution in [3.63, 3.8) is 0 Å². The highest BCUT2D eigenvalue weighted by Gasteiger charge is 2.45. The summed E-state index contributed by atoms with van der Waals surface area (Å²) >= 11 is 0. The molecule has 116 valence electrons. The van der Waals surface area contributed by atoms with Crippen LogP contribution in [-0.4, -0.2) is 45.2 Å². The number of rotatable bonds is 4. The lowest BCUT2D eigenvalue weighted by Crippen LogP contribution is -2.45. The largest absolute Gasteiger partial charge is 0.373 e. The zero-order valence-corrected chi connectivity index (χ0v) is 11.3. The molecule has 2 rings (SSSR count). The molecule has 1 unspecified atom stereocenters. The van der Waals surface area contributed by atoms with Gasteiger partial charge in [-0.2, -0.15) is 10.5 Å². The van der Waals surface area contributed by atoms with Crippen molar-refractivity contribution in [2.24, 2.45) is 0 Å². The summed E-state index contributed by atoms with van der Waals surface area (Å²) in [5.41, 5.74) is -0.708. The number of benzene rings is 1. The fourth-order valence-corrected chi connectivity index (χ4v) is 2.32. The van der Waals surface area contributed by atoms with Gasteiger partial charge in [0, 0.05) is 0 Å². The lowest BCUT2D eigenvalue weighted by molar-refractivity contribution is -0.238. The smallest absolute Gasteiger partial charge is 0.299 e. The van der Waals surface area contributed by atoms with Crippen molar-refractivity contribution >= 4 is 23.8 Å². The molecule has 0 radical (unpaired) electrons. The van der Waals surface area contributed by atoms with E-state index in [1.165, 1.54) is 25.1 Å². The maximum atomic E-state index is 12.4. The minimum atomic E-state index is -1.34. The molecule has 1 heterocycles. The Morgan fingerprint density at radius 2 is 1.86 bits per heavy atom. The molecule has 1 aliphatic heterocycles. The second-order valence-corrected chi connectivity index (χ2v) is 4.42. The van der Waals surface area contributed by atoms with Crippen LogP contribution >= 0.6 is 0 Å². The zero-order chi connectivity index (χ0) is 16.4. The number of hydrogen-bond acceptors (Lipinski definition) is 8. The van der Waals surface area contributed by atoms with Crippen molar-refractivity contribution in [3.05, 3.63) is 34.9 Å². The van der Waals surface area contributed by atoms with Gasteiger partial charge in [0.1, 0.15) is 6.04 Å². The molecule has 0 saturated carbocycles. The lowest BCUT2D eigenvalue weighted by Gasteiger charge is -2.21. The first-order valence-electron chi connectivity index (χ1n) is 6.19. The van der Waals surface area contributed by atoms with Gasteiger partial charge in [-0.25, -0.2) is 9.59 Å². The number of fused-ring (bicyclic) bond motifs is 1. The van der Waals surface area contributed by atoms with Crippen LogP contribution in [-0.2, 0) is 14.6 Å². The first kappa shape index (κ1) is 15.6. The van der Waals surface area contributed by atoms with Gasteiger partial charge in [0.05, 0.1) is 16.7 Å². The van der Waals surface area contributed by atoms with Crippen molar-refractivity contribution < 1.29 is 39.5 Å². The molecule has 2 N–H and O–H groups in total. The molecule has 9 nitrogen and oxygen atoms in total. The fraction of sp³-hybridized carbons (Fsp3) is 0.231. The van der Waals surface area contributed by atoms with Crippen LogP contribution in [0.2, 0.25) is 0 Å². The van der Waals surface area contributed by atoms with Crippen LogP contribution in [0.15, 0.2) is 18.2 Å². The minimum Gasteiger partial charge on any atom is -0.299 e. The van der Waals surface area contributed by atoms with Crippen molar-refractivity contribution in [1.82, 2.24) is 4.90 Å². The summed E-state index contributed by atoms with van der Waals surface area (Å²) in [4.78, 5) is 55.4. The van der Waals surface area contributed by atoms with Crippen LogP contribution in [0.1, 0.15) is 44.4 Å². The van der Waals surface area contributed by atoms with Crippen LogP contribution < -0.4 is 0 Å². The molecule has 1 aromatic carbocycles. The Morgan fingerprint density at radius 3 is 2.41 bits per heavy atom. The number of amides is 2. The minimum absolute atomic E-state index is 0.00460. The van der Waals surface area contributed by atoms with Crippen LogP contribution in [0.3, 0.4) is 0 Å². The van der Waals surface area contributed by atoms with E-state index in [9.17, 15) is 19.2 Å². The summed E-state index contributed by atoms with van der Waals surface area (Å²) < 4.78 is 0. The number of hydrogen-bond donors (Lipinski definition) is 2. The SMILES string of the molecule is CCC(C(=O)OO)N1C(=O)c2cccc(C(=O)OO)c2C1=O. The summed E-state index contributed by atoms with van der Waals surface area (Å²) in [5, 5.41) is 16.9. The average Bonchev–Trinajstić information content (AvgIpc) is 2.79. The molecular weight excluding hydrogens is 298 g/mol. The van der Waals surface area contributed by atoms with E-state index in [0.717, 1.165) is 0 Å². The molecule has 1 aliphatic rings. The maximum Gasteiger partial charge on any atom is 0.373 e. The van der Waals surface area contributed by atoms with E-state index in [1.54, 1.807) is 0 Å². The molecule has 0 bridgehead atoms. The number of imide groups is 1. The Balaban J connectivity index is 2.54. The van der Waals surface area contributed by atoms with Crippen LogP contribution in [0.25, 0.3) is 0 Å². The van der Waals surface area contributed by atoms with E-state index in [1.807, 2.05) is 0 Å². The van der Waals surface area contributed by atoms with Gasteiger partial charge in [0.25, 0.3) is 11.8 Å². The van der Waals surface area contributed by atoms with Gasteiger partial charge in [-0.1, -0.05) is 13.0 Å². The van der Waals surface area contributed by atoms with E-state index >= 15 is 0 Å². The Kier molecular flexibility index (Phi) is 4.20. The summed E-state index contributed by atoms with van der Waals surface area (Å²) in [6.07, 6.45) is 0.00460. The van der Waals surface area contributed by atoms with Gasteiger partial charge in [0.15, 0.2) is 0 Å². The Morgan fingerprint density at radius 1 is 1.18 bits per heavy atom. The highest BCUT2D eigenvalue weighted by molar-refractivity contribution is 6.25. The first-order chi connectivity index (χ1) is 10.5. The maximum absolute atomic E-state index is 12.4. The predicted octanol–water partition coefficient (Wildman–Crippen LogP) is 0.707. The van der Waals surface area contributed by atoms with Gasteiger partial charge in [-0.3, -0.25) is 24.3 Å². The Hall–Kier alpha value is -2.78. The lowest BCUT2D eigenvalue weighted by atomic mass is 10.0. The standard InChI is InChI=1S/C13H11NO8/c1-2-8(13(18)22-20)14-10(15)6-4-3-5-7(12(17)21-19)9(6)11(14)16/h3-5,8,19-20H,2H2,1H3. The predicted molar refractivity (Wildman–Crippen MR) is 67.8 cm³/mol. The fourth-order valence-electron chi connectivity index (χ4n) is 2.32. The molecule has 0 aliphatic carbocycles. The molecule has 0 saturated heterocycles.